The van der Waals surface area contributed by atoms with Crippen LogP contribution in [0.2, 0.25) is 0 Å². The maximum atomic E-state index is 12.1. The maximum absolute atomic E-state index is 12.1. The van der Waals surface area contributed by atoms with Crippen molar-refractivity contribution in [1.29, 1.82) is 5.26 Å². The molecule has 0 atom stereocenters. The highest BCUT2D eigenvalue weighted by Gasteiger charge is 2.06. The van der Waals surface area contributed by atoms with Crippen LogP contribution in [0.3, 0.4) is 0 Å². The Hall–Kier alpha value is -3.13. The van der Waals surface area contributed by atoms with Crippen LogP contribution in [-0.4, -0.2) is 9.38 Å². The molecule has 0 amide bonds. The minimum atomic E-state index is -0.152. The molecule has 0 radical (unpaired) electrons. The molecule has 0 aliphatic rings. The van der Waals surface area contributed by atoms with Crippen molar-refractivity contribution in [3.8, 4) is 11.8 Å². The third-order valence-corrected chi connectivity index (χ3v) is 3.24. The Balaban J connectivity index is 1.90. The first-order valence-corrected chi connectivity index (χ1v) is 6.78. The van der Waals surface area contributed by atoms with E-state index in [0.717, 1.165) is 5.56 Å². The molecule has 0 aliphatic heterocycles. The quantitative estimate of drug-likeness (QED) is 0.743. The van der Waals surface area contributed by atoms with E-state index in [4.69, 9.17) is 10.00 Å². The number of para-hydroxylation sites is 1. The fourth-order valence-corrected chi connectivity index (χ4v) is 2.17. The molecule has 22 heavy (non-hydrogen) atoms. The Morgan fingerprint density at radius 3 is 2.91 bits per heavy atom. The van der Waals surface area contributed by atoms with E-state index >= 15 is 0 Å². The first-order chi connectivity index (χ1) is 10.7. The van der Waals surface area contributed by atoms with Gasteiger partial charge in [0.15, 0.2) is 0 Å². The van der Waals surface area contributed by atoms with Crippen LogP contribution in [0.4, 0.5) is 0 Å². The smallest absolute Gasteiger partial charge is 0.258 e. The van der Waals surface area contributed by atoms with Gasteiger partial charge in [-0.2, -0.15) is 5.26 Å². The number of aromatic nitrogens is 2. The molecule has 5 nitrogen and oxygen atoms in total. The summed E-state index contributed by atoms with van der Waals surface area (Å²) in [6.45, 7) is 2.06. The van der Waals surface area contributed by atoms with E-state index in [9.17, 15) is 4.79 Å². The second kappa shape index (κ2) is 5.70. The number of hydrogen-bond donors (Lipinski definition) is 0. The summed E-state index contributed by atoms with van der Waals surface area (Å²) in [7, 11) is 0. The van der Waals surface area contributed by atoms with E-state index in [-0.39, 0.29) is 12.2 Å². The van der Waals surface area contributed by atoms with E-state index in [1.807, 2.05) is 13.0 Å². The zero-order chi connectivity index (χ0) is 15.5. The highest BCUT2D eigenvalue weighted by molar-refractivity contribution is 5.43. The monoisotopic (exact) mass is 291 g/mol. The number of nitrogens with zero attached hydrogens (tertiary/aromatic N) is 3. The summed E-state index contributed by atoms with van der Waals surface area (Å²) in [6, 6.07) is 14.2. The van der Waals surface area contributed by atoms with Gasteiger partial charge in [0, 0.05) is 12.3 Å². The first kappa shape index (κ1) is 13.8. The number of benzene rings is 1. The Kier molecular flexibility index (Phi) is 3.58. The zero-order valence-electron chi connectivity index (χ0n) is 12.0. The van der Waals surface area contributed by atoms with E-state index in [2.05, 4.69) is 11.1 Å². The van der Waals surface area contributed by atoms with Crippen LogP contribution in [0.25, 0.3) is 5.65 Å². The molecule has 3 rings (SSSR count). The molecule has 0 bridgehead atoms. The number of hydrogen-bond acceptors (Lipinski definition) is 4. The predicted molar refractivity (Wildman–Crippen MR) is 81.7 cm³/mol. The van der Waals surface area contributed by atoms with Gasteiger partial charge in [-0.25, -0.2) is 4.98 Å². The molecule has 5 heteroatoms. The van der Waals surface area contributed by atoms with Crippen LogP contribution in [0, 0.1) is 18.3 Å². The van der Waals surface area contributed by atoms with Crippen LogP contribution < -0.4 is 10.3 Å². The molecule has 2 heterocycles. The SMILES string of the molecule is Cc1ccc2nc(COc3ccccc3C#N)cc(=O)n2c1. The summed E-state index contributed by atoms with van der Waals surface area (Å²) < 4.78 is 7.11. The number of nitriles is 1. The van der Waals surface area contributed by atoms with E-state index < -0.39 is 0 Å². The van der Waals surface area contributed by atoms with Crippen LogP contribution in [0.15, 0.2) is 53.5 Å². The molecule has 0 unspecified atom stereocenters. The van der Waals surface area contributed by atoms with Crippen LogP contribution in [0.5, 0.6) is 5.75 Å². The molecule has 0 N–H and O–H groups in total. The molecular formula is C17H13N3O2. The topological polar surface area (TPSA) is 67.4 Å². The predicted octanol–water partition coefficient (Wildman–Crippen LogP) is 2.45. The molecular weight excluding hydrogens is 278 g/mol. The fourth-order valence-electron chi connectivity index (χ4n) is 2.17. The summed E-state index contributed by atoms with van der Waals surface area (Å²) in [4.78, 5) is 16.5. The van der Waals surface area contributed by atoms with E-state index in [1.165, 1.54) is 10.5 Å². The van der Waals surface area contributed by atoms with Crippen molar-refractivity contribution in [3.63, 3.8) is 0 Å². The Bertz CT molecular complexity index is 939. The van der Waals surface area contributed by atoms with E-state index in [0.29, 0.717) is 22.7 Å². The molecule has 0 saturated carbocycles. The van der Waals surface area contributed by atoms with Gasteiger partial charge in [0.05, 0.1) is 11.3 Å². The lowest BCUT2D eigenvalue weighted by Gasteiger charge is -2.08. The molecule has 3 aromatic rings. The third kappa shape index (κ3) is 2.67. The molecule has 0 fully saturated rings. The third-order valence-electron chi connectivity index (χ3n) is 3.24. The van der Waals surface area contributed by atoms with Crippen LogP contribution in [0.1, 0.15) is 16.8 Å². The lowest BCUT2D eigenvalue weighted by atomic mass is 10.2. The van der Waals surface area contributed by atoms with E-state index in [1.54, 1.807) is 36.5 Å². The number of ether oxygens (including phenoxy) is 1. The summed E-state index contributed by atoms with van der Waals surface area (Å²) in [5, 5.41) is 9.03. The molecule has 0 aliphatic carbocycles. The summed E-state index contributed by atoms with van der Waals surface area (Å²) >= 11 is 0. The Morgan fingerprint density at radius 2 is 2.09 bits per heavy atom. The summed E-state index contributed by atoms with van der Waals surface area (Å²) in [5.74, 6) is 0.482. The number of aryl methyl sites for hydroxylation is 1. The molecule has 108 valence electrons. The van der Waals surface area contributed by atoms with Crippen LogP contribution in [-0.2, 0) is 6.61 Å². The lowest BCUT2D eigenvalue weighted by Crippen LogP contribution is -2.16. The molecule has 0 spiro atoms. The highest BCUT2D eigenvalue weighted by Crippen LogP contribution is 2.17. The average Bonchev–Trinajstić information content (AvgIpc) is 2.54. The Morgan fingerprint density at radius 1 is 1.27 bits per heavy atom. The zero-order valence-corrected chi connectivity index (χ0v) is 12.0. The maximum Gasteiger partial charge on any atom is 0.258 e. The van der Waals surface area contributed by atoms with Gasteiger partial charge in [-0.05, 0) is 30.7 Å². The van der Waals surface area contributed by atoms with Gasteiger partial charge < -0.3 is 4.74 Å². The molecule has 1 aromatic carbocycles. The van der Waals surface area contributed by atoms with Crippen molar-refractivity contribution >= 4 is 5.65 Å². The largest absolute Gasteiger partial charge is 0.486 e. The van der Waals surface area contributed by atoms with Gasteiger partial charge in [0.2, 0.25) is 0 Å². The number of fused-ring (bicyclic) bond motifs is 1. The minimum Gasteiger partial charge on any atom is -0.486 e. The van der Waals surface area contributed by atoms with Crippen molar-refractivity contribution in [2.75, 3.05) is 0 Å². The van der Waals surface area contributed by atoms with Gasteiger partial charge in [-0.15, -0.1) is 0 Å². The van der Waals surface area contributed by atoms with Crippen molar-refractivity contribution in [1.82, 2.24) is 9.38 Å². The van der Waals surface area contributed by atoms with Crippen LogP contribution >= 0.6 is 0 Å². The van der Waals surface area contributed by atoms with Gasteiger partial charge in [-0.3, -0.25) is 9.20 Å². The van der Waals surface area contributed by atoms with Gasteiger partial charge in [0.25, 0.3) is 5.56 Å². The molecule has 0 saturated heterocycles. The second-order valence-electron chi connectivity index (χ2n) is 4.92. The van der Waals surface area contributed by atoms with Gasteiger partial charge in [0.1, 0.15) is 24.1 Å². The molecule has 2 aromatic heterocycles. The average molecular weight is 291 g/mol. The number of pyridine rings is 1. The van der Waals surface area contributed by atoms with Crippen molar-refractivity contribution < 1.29 is 4.74 Å². The standard InChI is InChI=1S/C17H13N3O2/c1-12-6-7-16-19-14(8-17(21)20(16)10-12)11-22-15-5-3-2-4-13(15)9-18/h2-8,10H,11H2,1H3. The number of rotatable bonds is 3. The van der Waals surface area contributed by atoms with Crippen molar-refractivity contribution in [2.24, 2.45) is 0 Å². The van der Waals surface area contributed by atoms with Gasteiger partial charge >= 0.3 is 0 Å². The lowest BCUT2D eigenvalue weighted by molar-refractivity contribution is 0.300. The summed E-state index contributed by atoms with van der Waals surface area (Å²) in [5.41, 5.74) is 2.40. The van der Waals surface area contributed by atoms with Crippen molar-refractivity contribution in [2.45, 2.75) is 13.5 Å². The van der Waals surface area contributed by atoms with Crippen molar-refractivity contribution in [3.05, 3.63) is 75.8 Å². The second-order valence-corrected chi connectivity index (χ2v) is 4.92. The Labute approximate surface area is 127 Å². The first-order valence-electron chi connectivity index (χ1n) is 6.78. The highest BCUT2D eigenvalue weighted by atomic mass is 16.5. The summed E-state index contributed by atoms with van der Waals surface area (Å²) in [6.07, 6.45) is 1.75. The normalized spacial score (nSPS) is 10.4. The fraction of sp³-hybridized carbons (Fsp3) is 0.118. The minimum absolute atomic E-state index is 0.137. The van der Waals surface area contributed by atoms with Gasteiger partial charge in [-0.1, -0.05) is 18.2 Å².